The molecule has 0 saturated carbocycles. The molecule has 2 bridgehead atoms. The van der Waals surface area contributed by atoms with Gasteiger partial charge in [-0.2, -0.15) is 0 Å². The minimum Gasteiger partial charge on any atom is -0.301 e. The first-order valence-corrected chi connectivity index (χ1v) is 8.32. The summed E-state index contributed by atoms with van der Waals surface area (Å²) in [4.78, 5) is 8.06. The summed E-state index contributed by atoms with van der Waals surface area (Å²) in [6.45, 7) is 11.3. The van der Waals surface area contributed by atoms with Crippen LogP contribution in [0.15, 0.2) is 0 Å². The Morgan fingerprint density at radius 2 is 1.53 bits per heavy atom. The van der Waals surface area contributed by atoms with Crippen LogP contribution in [0.4, 0.5) is 0 Å². The van der Waals surface area contributed by atoms with E-state index < -0.39 is 0 Å². The highest BCUT2D eigenvalue weighted by Gasteiger charge is 2.38. The fourth-order valence-electron chi connectivity index (χ4n) is 4.37. The number of nitrogens with zero attached hydrogens (tertiary/aromatic N) is 3. The van der Waals surface area contributed by atoms with E-state index in [2.05, 4.69) is 35.6 Å². The molecule has 0 aromatic carbocycles. The second-order valence-corrected chi connectivity index (χ2v) is 7.34. The third-order valence-electron chi connectivity index (χ3n) is 5.82. The number of hydrogen-bond donors (Lipinski definition) is 0. The molecule has 110 valence electrons. The standard InChI is InChI=1S/C16H31N3/c1-13(2)19-8-6-14(7-9-19)10-18-11-15-4-5-16(12-18)17(15)3/h13-16H,4-12H2,1-3H3. The molecule has 0 spiro atoms. The first kappa shape index (κ1) is 13.8. The number of fused-ring (bicyclic) bond motifs is 2. The van der Waals surface area contributed by atoms with Crippen molar-refractivity contribution in [2.45, 2.75) is 57.7 Å². The molecular weight excluding hydrogens is 234 g/mol. The summed E-state index contributed by atoms with van der Waals surface area (Å²) in [6, 6.07) is 2.45. The van der Waals surface area contributed by atoms with Gasteiger partial charge >= 0.3 is 0 Å². The molecule has 3 saturated heterocycles. The molecule has 19 heavy (non-hydrogen) atoms. The van der Waals surface area contributed by atoms with Gasteiger partial charge in [0.15, 0.2) is 0 Å². The summed E-state index contributed by atoms with van der Waals surface area (Å²) >= 11 is 0. The molecule has 0 aromatic heterocycles. The zero-order valence-electron chi connectivity index (χ0n) is 13.0. The van der Waals surface area contributed by atoms with Crippen molar-refractivity contribution in [3.05, 3.63) is 0 Å². The highest BCUT2D eigenvalue weighted by atomic mass is 15.3. The van der Waals surface area contributed by atoms with Crippen LogP contribution >= 0.6 is 0 Å². The predicted octanol–water partition coefficient (Wildman–Crippen LogP) is 1.89. The maximum atomic E-state index is 2.78. The van der Waals surface area contributed by atoms with E-state index >= 15 is 0 Å². The molecule has 0 aliphatic carbocycles. The van der Waals surface area contributed by atoms with Gasteiger partial charge in [-0.3, -0.25) is 9.80 Å². The van der Waals surface area contributed by atoms with Crippen LogP contribution in [0.1, 0.15) is 39.5 Å². The zero-order valence-corrected chi connectivity index (χ0v) is 13.0. The summed E-state index contributed by atoms with van der Waals surface area (Å²) in [5.74, 6) is 0.956. The Morgan fingerprint density at radius 3 is 2.05 bits per heavy atom. The van der Waals surface area contributed by atoms with Crippen LogP contribution in [0.25, 0.3) is 0 Å². The molecule has 3 heterocycles. The van der Waals surface area contributed by atoms with Gasteiger partial charge in [0.1, 0.15) is 0 Å². The maximum Gasteiger partial charge on any atom is 0.0224 e. The van der Waals surface area contributed by atoms with Gasteiger partial charge in [-0.1, -0.05) is 0 Å². The Hall–Kier alpha value is -0.120. The summed E-state index contributed by atoms with van der Waals surface area (Å²) in [5.41, 5.74) is 0. The first-order chi connectivity index (χ1) is 9.13. The number of hydrogen-bond acceptors (Lipinski definition) is 3. The lowest BCUT2D eigenvalue weighted by atomic mass is 9.95. The van der Waals surface area contributed by atoms with E-state index in [9.17, 15) is 0 Å². The van der Waals surface area contributed by atoms with Gasteiger partial charge in [-0.25, -0.2) is 0 Å². The summed E-state index contributed by atoms with van der Waals surface area (Å²) in [6.07, 6.45) is 5.70. The van der Waals surface area contributed by atoms with Crippen molar-refractivity contribution in [3.8, 4) is 0 Å². The van der Waals surface area contributed by atoms with Gasteiger partial charge in [-0.05, 0) is 65.6 Å². The Balaban J connectivity index is 1.46. The summed E-state index contributed by atoms with van der Waals surface area (Å²) < 4.78 is 0. The third kappa shape index (κ3) is 2.98. The Morgan fingerprint density at radius 1 is 0.947 bits per heavy atom. The number of piperazine rings is 1. The van der Waals surface area contributed by atoms with E-state index in [-0.39, 0.29) is 0 Å². The van der Waals surface area contributed by atoms with Crippen LogP contribution in [0.3, 0.4) is 0 Å². The highest BCUT2D eigenvalue weighted by molar-refractivity contribution is 4.94. The van der Waals surface area contributed by atoms with E-state index in [1.54, 1.807) is 0 Å². The van der Waals surface area contributed by atoms with Crippen LogP contribution in [0.2, 0.25) is 0 Å². The van der Waals surface area contributed by atoms with E-state index in [0.717, 1.165) is 24.0 Å². The average Bonchev–Trinajstić information content (AvgIpc) is 2.63. The SMILES string of the molecule is CC(C)N1CCC(CN2CC3CCC(C2)N3C)CC1. The molecule has 0 N–H and O–H groups in total. The second-order valence-electron chi connectivity index (χ2n) is 7.34. The van der Waals surface area contributed by atoms with Crippen molar-refractivity contribution in [2.24, 2.45) is 5.92 Å². The van der Waals surface area contributed by atoms with Gasteiger partial charge in [-0.15, -0.1) is 0 Å². The Labute approximate surface area is 118 Å². The monoisotopic (exact) mass is 265 g/mol. The van der Waals surface area contributed by atoms with Crippen molar-refractivity contribution in [2.75, 3.05) is 39.8 Å². The molecule has 3 nitrogen and oxygen atoms in total. The topological polar surface area (TPSA) is 9.72 Å². The molecule has 0 aromatic rings. The van der Waals surface area contributed by atoms with Crippen molar-refractivity contribution >= 4 is 0 Å². The van der Waals surface area contributed by atoms with Crippen molar-refractivity contribution in [1.82, 2.24) is 14.7 Å². The van der Waals surface area contributed by atoms with Gasteiger partial charge in [0.2, 0.25) is 0 Å². The molecule has 3 rings (SSSR count). The number of piperidine rings is 1. The lowest BCUT2D eigenvalue weighted by Gasteiger charge is -2.42. The predicted molar refractivity (Wildman–Crippen MR) is 80.4 cm³/mol. The average molecular weight is 265 g/mol. The largest absolute Gasteiger partial charge is 0.301 e. The minimum atomic E-state index is 0.737. The van der Waals surface area contributed by atoms with Crippen molar-refractivity contribution < 1.29 is 0 Å². The molecule has 2 unspecified atom stereocenters. The molecule has 3 aliphatic heterocycles. The highest BCUT2D eigenvalue weighted by Crippen LogP contribution is 2.29. The maximum absolute atomic E-state index is 2.78. The molecule has 3 fully saturated rings. The molecule has 0 amide bonds. The van der Waals surface area contributed by atoms with Crippen LogP contribution in [0, 0.1) is 5.92 Å². The van der Waals surface area contributed by atoms with E-state index in [1.165, 1.54) is 58.4 Å². The lowest BCUT2D eigenvalue weighted by Crippen LogP contribution is -2.53. The van der Waals surface area contributed by atoms with Crippen molar-refractivity contribution in [1.29, 1.82) is 0 Å². The number of likely N-dealkylation sites (tertiary alicyclic amines) is 2. The molecular formula is C16H31N3. The Kier molecular flexibility index (Phi) is 4.16. The fourth-order valence-corrected chi connectivity index (χ4v) is 4.37. The van der Waals surface area contributed by atoms with Gasteiger partial charge in [0, 0.05) is 37.8 Å². The quantitative estimate of drug-likeness (QED) is 0.771. The van der Waals surface area contributed by atoms with Crippen LogP contribution in [-0.4, -0.2) is 72.6 Å². The zero-order chi connectivity index (χ0) is 13.4. The van der Waals surface area contributed by atoms with Crippen molar-refractivity contribution in [3.63, 3.8) is 0 Å². The van der Waals surface area contributed by atoms with Gasteiger partial charge < -0.3 is 4.90 Å². The molecule has 3 aliphatic rings. The third-order valence-corrected chi connectivity index (χ3v) is 5.82. The lowest BCUT2D eigenvalue weighted by molar-refractivity contribution is 0.0602. The van der Waals surface area contributed by atoms with Crippen LogP contribution in [0.5, 0.6) is 0 Å². The number of rotatable bonds is 3. The Bertz CT molecular complexity index is 282. The van der Waals surface area contributed by atoms with Crippen LogP contribution < -0.4 is 0 Å². The van der Waals surface area contributed by atoms with E-state index in [4.69, 9.17) is 0 Å². The fraction of sp³-hybridized carbons (Fsp3) is 1.00. The first-order valence-electron chi connectivity index (χ1n) is 8.32. The normalized spacial score (nSPS) is 35.4. The van der Waals surface area contributed by atoms with E-state index in [1.807, 2.05) is 0 Å². The summed E-state index contributed by atoms with van der Waals surface area (Å²) in [7, 11) is 2.33. The van der Waals surface area contributed by atoms with Gasteiger partial charge in [0.05, 0.1) is 0 Å². The smallest absolute Gasteiger partial charge is 0.0224 e. The number of likely N-dealkylation sites (N-methyl/N-ethyl adjacent to an activating group) is 1. The van der Waals surface area contributed by atoms with Crippen LogP contribution in [-0.2, 0) is 0 Å². The minimum absolute atomic E-state index is 0.737. The van der Waals surface area contributed by atoms with E-state index in [0.29, 0.717) is 0 Å². The molecule has 3 heteroatoms. The molecule has 0 radical (unpaired) electrons. The van der Waals surface area contributed by atoms with Gasteiger partial charge in [0.25, 0.3) is 0 Å². The second kappa shape index (κ2) is 5.71. The summed E-state index contributed by atoms with van der Waals surface area (Å²) in [5, 5.41) is 0. The molecule has 2 atom stereocenters.